The summed E-state index contributed by atoms with van der Waals surface area (Å²) in [5.41, 5.74) is 1.49. The molecule has 0 radical (unpaired) electrons. The first-order valence-electron chi connectivity index (χ1n) is 8.09. The van der Waals surface area contributed by atoms with Crippen LogP contribution in [0.25, 0.3) is 17.2 Å². The molecule has 0 aliphatic carbocycles. The van der Waals surface area contributed by atoms with E-state index in [9.17, 15) is 9.90 Å². The Morgan fingerprint density at radius 2 is 2.13 bits per heavy atom. The molecular weight excluding hydrogens is 292 g/mol. The fourth-order valence-electron chi connectivity index (χ4n) is 3.03. The molecule has 23 heavy (non-hydrogen) atoms. The predicted octanol–water partition coefficient (Wildman–Crippen LogP) is 2.85. The van der Waals surface area contributed by atoms with E-state index in [4.69, 9.17) is 4.42 Å². The zero-order valence-electron chi connectivity index (χ0n) is 13.4. The summed E-state index contributed by atoms with van der Waals surface area (Å²) in [5.74, 6) is 0.407. The van der Waals surface area contributed by atoms with Crippen LogP contribution in [0.4, 0.5) is 0 Å². The van der Waals surface area contributed by atoms with Gasteiger partial charge in [-0.1, -0.05) is 19.1 Å². The molecule has 1 amide bonds. The number of piperidine rings is 1. The standard InChI is InChI=1S/C18H22N2O3/c1-2-18(13-21)9-11-20(12-10-18)17(22)8-7-16-19-14-5-3-4-6-15(14)23-16/h3-8,21H,2,9-13H2,1H3/b8-7+. The monoisotopic (exact) mass is 314 g/mol. The van der Waals surface area contributed by atoms with E-state index in [1.807, 2.05) is 29.2 Å². The molecule has 0 bridgehead atoms. The Hall–Kier alpha value is -2.14. The number of nitrogens with zero attached hydrogens (tertiary/aromatic N) is 2. The van der Waals surface area contributed by atoms with Gasteiger partial charge in [0.05, 0.1) is 0 Å². The number of benzene rings is 1. The Kier molecular flexibility index (Phi) is 4.48. The van der Waals surface area contributed by atoms with Gasteiger partial charge in [-0.25, -0.2) is 4.98 Å². The number of likely N-dealkylation sites (tertiary alicyclic amines) is 1. The van der Waals surface area contributed by atoms with Gasteiger partial charge in [-0.3, -0.25) is 4.79 Å². The van der Waals surface area contributed by atoms with Crippen LogP contribution < -0.4 is 0 Å². The summed E-state index contributed by atoms with van der Waals surface area (Å²) in [6.45, 7) is 3.67. The number of para-hydroxylation sites is 2. The van der Waals surface area contributed by atoms with Gasteiger partial charge in [-0.15, -0.1) is 0 Å². The number of carbonyl (C=O) groups is 1. The Morgan fingerprint density at radius 3 is 2.78 bits per heavy atom. The van der Waals surface area contributed by atoms with Crippen molar-refractivity contribution in [1.29, 1.82) is 0 Å². The number of aliphatic hydroxyl groups is 1. The first kappa shape index (κ1) is 15.7. The van der Waals surface area contributed by atoms with Crippen molar-refractivity contribution < 1.29 is 14.3 Å². The van der Waals surface area contributed by atoms with Crippen LogP contribution in [0.3, 0.4) is 0 Å². The van der Waals surface area contributed by atoms with Gasteiger partial charge >= 0.3 is 0 Å². The van der Waals surface area contributed by atoms with Gasteiger partial charge in [0.15, 0.2) is 5.58 Å². The van der Waals surface area contributed by atoms with Gasteiger partial charge in [-0.05, 0) is 36.8 Å². The highest BCUT2D eigenvalue weighted by molar-refractivity contribution is 5.91. The second-order valence-electron chi connectivity index (χ2n) is 6.19. The van der Waals surface area contributed by atoms with Crippen molar-refractivity contribution in [1.82, 2.24) is 9.88 Å². The third-order valence-electron chi connectivity index (χ3n) is 4.90. The average molecular weight is 314 g/mol. The molecule has 5 heteroatoms. The fourth-order valence-corrected chi connectivity index (χ4v) is 3.03. The number of aromatic nitrogens is 1. The van der Waals surface area contributed by atoms with Crippen LogP contribution in [0.5, 0.6) is 0 Å². The van der Waals surface area contributed by atoms with E-state index in [2.05, 4.69) is 11.9 Å². The molecule has 3 rings (SSSR count). The van der Waals surface area contributed by atoms with Crippen LogP contribution in [0.2, 0.25) is 0 Å². The lowest BCUT2D eigenvalue weighted by atomic mass is 9.77. The highest BCUT2D eigenvalue weighted by atomic mass is 16.3. The third kappa shape index (κ3) is 3.29. The van der Waals surface area contributed by atoms with Crippen molar-refractivity contribution in [2.45, 2.75) is 26.2 Å². The Labute approximate surface area is 135 Å². The highest BCUT2D eigenvalue weighted by Crippen LogP contribution is 2.34. The summed E-state index contributed by atoms with van der Waals surface area (Å²) in [6.07, 6.45) is 5.79. The maximum Gasteiger partial charge on any atom is 0.246 e. The number of oxazole rings is 1. The topological polar surface area (TPSA) is 66.6 Å². The average Bonchev–Trinajstić information content (AvgIpc) is 3.02. The minimum atomic E-state index is -0.0325. The Morgan fingerprint density at radius 1 is 1.39 bits per heavy atom. The normalized spacial score (nSPS) is 17.9. The van der Waals surface area contributed by atoms with Gasteiger partial charge in [0.1, 0.15) is 5.52 Å². The lowest BCUT2D eigenvalue weighted by Gasteiger charge is -2.39. The van der Waals surface area contributed by atoms with Gasteiger partial charge in [0, 0.05) is 31.8 Å². The molecule has 1 aliphatic heterocycles. The van der Waals surface area contributed by atoms with Crippen LogP contribution in [-0.2, 0) is 4.79 Å². The minimum Gasteiger partial charge on any atom is -0.437 e. The van der Waals surface area contributed by atoms with Crippen LogP contribution in [-0.4, -0.2) is 40.6 Å². The van der Waals surface area contributed by atoms with Crippen molar-refractivity contribution in [3.05, 3.63) is 36.2 Å². The Balaban J connectivity index is 1.63. The van der Waals surface area contributed by atoms with E-state index in [1.165, 1.54) is 6.08 Å². The van der Waals surface area contributed by atoms with Crippen molar-refractivity contribution in [3.63, 3.8) is 0 Å². The summed E-state index contributed by atoms with van der Waals surface area (Å²) in [6, 6.07) is 7.52. The van der Waals surface area contributed by atoms with Crippen LogP contribution in [0.1, 0.15) is 32.1 Å². The summed E-state index contributed by atoms with van der Waals surface area (Å²) in [7, 11) is 0. The number of rotatable bonds is 4. The van der Waals surface area contributed by atoms with Crippen molar-refractivity contribution in [2.75, 3.05) is 19.7 Å². The second kappa shape index (κ2) is 6.54. The highest BCUT2D eigenvalue weighted by Gasteiger charge is 2.33. The molecular formula is C18H22N2O3. The van der Waals surface area contributed by atoms with Crippen molar-refractivity contribution >= 4 is 23.1 Å². The molecule has 0 unspecified atom stereocenters. The van der Waals surface area contributed by atoms with E-state index in [0.717, 1.165) is 24.8 Å². The van der Waals surface area contributed by atoms with Crippen LogP contribution in [0, 0.1) is 5.41 Å². The number of aliphatic hydroxyl groups excluding tert-OH is 1. The van der Waals surface area contributed by atoms with E-state index < -0.39 is 0 Å². The maximum absolute atomic E-state index is 12.3. The smallest absolute Gasteiger partial charge is 0.246 e. The van der Waals surface area contributed by atoms with E-state index in [1.54, 1.807) is 6.08 Å². The van der Waals surface area contributed by atoms with Crippen LogP contribution in [0.15, 0.2) is 34.8 Å². The number of amides is 1. The van der Waals surface area contributed by atoms with E-state index in [-0.39, 0.29) is 17.9 Å². The number of hydrogen-bond acceptors (Lipinski definition) is 4. The maximum atomic E-state index is 12.3. The van der Waals surface area contributed by atoms with Gasteiger partial charge < -0.3 is 14.4 Å². The van der Waals surface area contributed by atoms with Crippen LogP contribution >= 0.6 is 0 Å². The van der Waals surface area contributed by atoms with Gasteiger partial charge in [-0.2, -0.15) is 0 Å². The van der Waals surface area contributed by atoms with Crippen molar-refractivity contribution in [2.24, 2.45) is 5.41 Å². The summed E-state index contributed by atoms with van der Waals surface area (Å²) >= 11 is 0. The zero-order valence-corrected chi connectivity index (χ0v) is 13.4. The molecule has 5 nitrogen and oxygen atoms in total. The molecule has 2 heterocycles. The lowest BCUT2D eigenvalue weighted by molar-refractivity contribution is -0.128. The summed E-state index contributed by atoms with van der Waals surface area (Å²) < 4.78 is 5.57. The minimum absolute atomic E-state index is 0.0131. The van der Waals surface area contributed by atoms with Gasteiger partial charge in [0.25, 0.3) is 0 Å². The molecule has 0 atom stereocenters. The summed E-state index contributed by atoms with van der Waals surface area (Å²) in [5, 5.41) is 9.55. The molecule has 2 aromatic rings. The second-order valence-corrected chi connectivity index (χ2v) is 6.19. The quantitative estimate of drug-likeness (QED) is 0.881. The molecule has 0 spiro atoms. The van der Waals surface area contributed by atoms with E-state index in [0.29, 0.717) is 24.6 Å². The first-order chi connectivity index (χ1) is 11.2. The molecule has 1 N–H and O–H groups in total. The van der Waals surface area contributed by atoms with Gasteiger partial charge in [0.2, 0.25) is 11.8 Å². The third-order valence-corrected chi connectivity index (χ3v) is 4.90. The number of hydrogen-bond donors (Lipinski definition) is 1. The molecule has 1 fully saturated rings. The van der Waals surface area contributed by atoms with Crippen molar-refractivity contribution in [3.8, 4) is 0 Å². The SMILES string of the molecule is CCC1(CO)CCN(C(=O)/C=C/c2nc3ccccc3o2)CC1. The first-order valence-corrected chi connectivity index (χ1v) is 8.09. The summed E-state index contributed by atoms with van der Waals surface area (Å²) in [4.78, 5) is 18.4. The molecule has 0 saturated carbocycles. The molecule has 1 aromatic heterocycles. The number of fused-ring (bicyclic) bond motifs is 1. The largest absolute Gasteiger partial charge is 0.437 e. The molecule has 1 saturated heterocycles. The molecule has 122 valence electrons. The zero-order chi connectivity index (χ0) is 16.3. The van der Waals surface area contributed by atoms with E-state index >= 15 is 0 Å². The predicted molar refractivity (Wildman–Crippen MR) is 88.7 cm³/mol. The Bertz CT molecular complexity index is 673. The molecule has 1 aromatic carbocycles. The fraction of sp³-hybridized carbons (Fsp3) is 0.444. The lowest BCUT2D eigenvalue weighted by Crippen LogP contribution is -2.43. The molecule has 1 aliphatic rings. The number of carbonyl (C=O) groups excluding carboxylic acids is 1.